The van der Waals surface area contributed by atoms with Gasteiger partial charge in [0.15, 0.2) is 5.96 Å². The minimum atomic E-state index is -1.19. The number of nitrogens with one attached hydrogen (secondary N) is 2. The second kappa shape index (κ2) is 12.9. The molecular formula is C21H30N6O6. The van der Waals surface area contributed by atoms with Crippen LogP contribution in [0.25, 0.3) is 0 Å². The fraction of sp³-hybridized carbons (Fsp3) is 0.476. The second-order valence-electron chi connectivity index (χ2n) is 7.51. The molecule has 1 saturated heterocycles. The van der Waals surface area contributed by atoms with Crippen molar-refractivity contribution in [3.05, 3.63) is 35.9 Å². The number of aliphatic carboxylic acids is 1. The summed E-state index contributed by atoms with van der Waals surface area (Å²) >= 11 is 0. The van der Waals surface area contributed by atoms with Crippen LogP contribution < -0.4 is 22.1 Å². The summed E-state index contributed by atoms with van der Waals surface area (Å²) in [5, 5.41) is 14.2. The zero-order chi connectivity index (χ0) is 24.2. The fourth-order valence-electron chi connectivity index (χ4n) is 3.39. The van der Waals surface area contributed by atoms with E-state index in [1.165, 1.54) is 4.90 Å². The summed E-state index contributed by atoms with van der Waals surface area (Å²) in [7, 11) is 0. The van der Waals surface area contributed by atoms with Gasteiger partial charge in [0.25, 0.3) is 0 Å². The zero-order valence-corrected chi connectivity index (χ0v) is 18.2. The van der Waals surface area contributed by atoms with E-state index < -0.39 is 36.0 Å². The van der Waals surface area contributed by atoms with Gasteiger partial charge in [-0.2, -0.15) is 0 Å². The number of nitrogens with zero attached hydrogens (tertiary/aromatic N) is 2. The molecule has 1 aliphatic rings. The largest absolute Gasteiger partial charge is 0.480 e. The Morgan fingerprint density at radius 3 is 2.61 bits per heavy atom. The summed E-state index contributed by atoms with van der Waals surface area (Å²) in [5.41, 5.74) is 11.3. The summed E-state index contributed by atoms with van der Waals surface area (Å²) in [6, 6.07) is 7.15. The molecule has 12 nitrogen and oxygen atoms in total. The van der Waals surface area contributed by atoms with E-state index in [1.54, 1.807) is 12.1 Å². The maximum Gasteiger partial charge on any atom is 0.407 e. The van der Waals surface area contributed by atoms with Crippen LogP contribution in [0.5, 0.6) is 0 Å². The van der Waals surface area contributed by atoms with Gasteiger partial charge in [0.1, 0.15) is 25.2 Å². The molecule has 0 bridgehead atoms. The van der Waals surface area contributed by atoms with Crippen molar-refractivity contribution in [2.24, 2.45) is 16.5 Å². The molecule has 0 spiro atoms. The van der Waals surface area contributed by atoms with Crippen LogP contribution in [0.4, 0.5) is 4.79 Å². The first kappa shape index (κ1) is 25.4. The number of amides is 3. The average Bonchev–Trinajstić information content (AvgIpc) is 3.28. The van der Waals surface area contributed by atoms with E-state index >= 15 is 0 Å². The quantitative estimate of drug-likeness (QED) is 0.166. The first-order valence-electron chi connectivity index (χ1n) is 10.6. The Hall–Kier alpha value is -3.83. The Morgan fingerprint density at radius 2 is 1.94 bits per heavy atom. The standard InChI is InChI=1S/C21H30N6O6/c22-20(23)24-10-4-8-15(19(30)31)26-18(29)16-9-5-11-27(16)17(28)12-25-21(32)33-13-14-6-2-1-3-7-14/h1-3,6-7,15-16H,4-5,8-13H2,(H,25,32)(H,26,29)(H,30,31)(H4,22,23,24). The number of aliphatic imine (C=N–C) groups is 1. The predicted octanol–water partition coefficient (Wildman–Crippen LogP) is -0.473. The smallest absolute Gasteiger partial charge is 0.407 e. The van der Waals surface area contributed by atoms with Crippen LogP contribution >= 0.6 is 0 Å². The highest BCUT2D eigenvalue weighted by atomic mass is 16.5. The van der Waals surface area contributed by atoms with Crippen LogP contribution in [-0.4, -0.2) is 71.6 Å². The number of hydrogen-bond donors (Lipinski definition) is 5. The third-order valence-corrected chi connectivity index (χ3v) is 5.03. The van der Waals surface area contributed by atoms with Crippen LogP contribution in [-0.2, 0) is 25.7 Å². The summed E-state index contributed by atoms with van der Waals surface area (Å²) in [6.45, 7) is 0.301. The summed E-state index contributed by atoms with van der Waals surface area (Å²) in [4.78, 5) is 53.7. The Morgan fingerprint density at radius 1 is 1.21 bits per heavy atom. The molecule has 1 fully saturated rings. The van der Waals surface area contributed by atoms with Crippen molar-refractivity contribution in [2.45, 2.75) is 44.4 Å². The normalized spacial score (nSPS) is 15.9. The highest BCUT2D eigenvalue weighted by molar-refractivity contribution is 5.92. The number of likely N-dealkylation sites (tertiary alicyclic amines) is 1. The lowest BCUT2D eigenvalue weighted by Crippen LogP contribution is -2.52. The lowest BCUT2D eigenvalue weighted by molar-refractivity contribution is -0.143. The molecule has 1 heterocycles. The van der Waals surface area contributed by atoms with Gasteiger partial charge in [0.05, 0.1) is 0 Å². The van der Waals surface area contributed by atoms with Crippen LogP contribution in [0.3, 0.4) is 0 Å². The molecule has 0 aliphatic carbocycles. The van der Waals surface area contributed by atoms with Gasteiger partial charge >= 0.3 is 12.1 Å². The number of guanidine groups is 1. The van der Waals surface area contributed by atoms with E-state index in [-0.39, 0.29) is 32.1 Å². The predicted molar refractivity (Wildman–Crippen MR) is 119 cm³/mol. The van der Waals surface area contributed by atoms with Gasteiger partial charge in [-0.3, -0.25) is 14.6 Å². The van der Waals surface area contributed by atoms with Gasteiger partial charge < -0.3 is 36.8 Å². The van der Waals surface area contributed by atoms with Gasteiger partial charge in [0.2, 0.25) is 11.8 Å². The third kappa shape index (κ3) is 8.67. The number of carboxylic acids is 1. The van der Waals surface area contributed by atoms with Gasteiger partial charge in [-0.25, -0.2) is 9.59 Å². The monoisotopic (exact) mass is 462 g/mol. The van der Waals surface area contributed by atoms with E-state index in [9.17, 15) is 24.3 Å². The molecular weight excluding hydrogens is 432 g/mol. The molecule has 3 amide bonds. The molecule has 12 heteroatoms. The Balaban J connectivity index is 1.81. The molecule has 0 aromatic heterocycles. The lowest BCUT2D eigenvalue weighted by Gasteiger charge is -2.25. The third-order valence-electron chi connectivity index (χ3n) is 5.03. The minimum absolute atomic E-state index is 0.0649. The molecule has 0 saturated carbocycles. The van der Waals surface area contributed by atoms with Gasteiger partial charge in [0, 0.05) is 13.1 Å². The molecule has 33 heavy (non-hydrogen) atoms. The van der Waals surface area contributed by atoms with Crippen LogP contribution in [0.1, 0.15) is 31.2 Å². The number of carboxylic acid groups (broad SMARTS) is 1. The number of rotatable bonds is 11. The van der Waals surface area contributed by atoms with Crippen LogP contribution in [0, 0.1) is 0 Å². The van der Waals surface area contributed by atoms with E-state index in [0.717, 1.165) is 5.56 Å². The highest BCUT2D eigenvalue weighted by Gasteiger charge is 2.35. The molecule has 7 N–H and O–H groups in total. The average molecular weight is 463 g/mol. The first-order valence-corrected chi connectivity index (χ1v) is 10.6. The number of carbonyl (C=O) groups excluding carboxylic acids is 3. The topological polar surface area (TPSA) is 189 Å². The minimum Gasteiger partial charge on any atom is -0.480 e. The number of benzene rings is 1. The van der Waals surface area contributed by atoms with Gasteiger partial charge in [-0.1, -0.05) is 30.3 Å². The Labute approximate surface area is 191 Å². The molecule has 1 aromatic rings. The van der Waals surface area contributed by atoms with Gasteiger partial charge in [-0.15, -0.1) is 0 Å². The Bertz CT molecular complexity index is 858. The molecule has 180 valence electrons. The van der Waals surface area contributed by atoms with Crippen molar-refractivity contribution in [1.82, 2.24) is 15.5 Å². The fourth-order valence-corrected chi connectivity index (χ4v) is 3.39. The number of carbonyl (C=O) groups is 4. The van der Waals surface area contributed by atoms with Gasteiger partial charge in [-0.05, 0) is 31.2 Å². The lowest BCUT2D eigenvalue weighted by atomic mass is 10.1. The van der Waals surface area contributed by atoms with Crippen molar-refractivity contribution < 1.29 is 29.0 Å². The van der Waals surface area contributed by atoms with E-state index in [0.29, 0.717) is 25.8 Å². The maximum absolute atomic E-state index is 12.7. The molecule has 1 aromatic carbocycles. The number of nitrogens with two attached hydrogens (primary N) is 2. The molecule has 1 aliphatic heterocycles. The Kier molecular flexibility index (Phi) is 9.93. The van der Waals surface area contributed by atoms with Crippen molar-refractivity contribution in [3.63, 3.8) is 0 Å². The van der Waals surface area contributed by atoms with Crippen molar-refractivity contribution in [2.75, 3.05) is 19.6 Å². The summed E-state index contributed by atoms with van der Waals surface area (Å²) in [6.07, 6.45) is 0.727. The number of ether oxygens (including phenoxy) is 1. The van der Waals surface area contributed by atoms with E-state index in [2.05, 4.69) is 15.6 Å². The van der Waals surface area contributed by atoms with Crippen molar-refractivity contribution in [3.8, 4) is 0 Å². The van der Waals surface area contributed by atoms with E-state index in [1.807, 2.05) is 18.2 Å². The first-order chi connectivity index (χ1) is 15.8. The van der Waals surface area contributed by atoms with Crippen LogP contribution in [0.15, 0.2) is 35.3 Å². The molecule has 2 rings (SSSR count). The summed E-state index contributed by atoms with van der Waals surface area (Å²) in [5.74, 6) is -2.29. The SMILES string of the molecule is NC(N)=NCCCC(NC(=O)C1CCCN1C(=O)CNC(=O)OCc1ccccc1)C(=O)O. The zero-order valence-electron chi connectivity index (χ0n) is 18.2. The van der Waals surface area contributed by atoms with Crippen molar-refractivity contribution >= 4 is 29.8 Å². The molecule has 2 atom stereocenters. The maximum atomic E-state index is 12.7. The van der Waals surface area contributed by atoms with E-state index in [4.69, 9.17) is 16.2 Å². The summed E-state index contributed by atoms with van der Waals surface area (Å²) < 4.78 is 5.07. The second-order valence-corrected chi connectivity index (χ2v) is 7.51. The number of hydrogen-bond acceptors (Lipinski definition) is 6. The van der Waals surface area contributed by atoms with Crippen LogP contribution in [0.2, 0.25) is 0 Å². The van der Waals surface area contributed by atoms with Crippen molar-refractivity contribution in [1.29, 1.82) is 0 Å². The number of alkyl carbamates (subject to hydrolysis) is 1. The molecule has 2 unspecified atom stereocenters. The molecule has 0 radical (unpaired) electrons. The highest BCUT2D eigenvalue weighted by Crippen LogP contribution is 2.18.